The Morgan fingerprint density at radius 1 is 1.19 bits per heavy atom. The standard InChI is InChI=1S/C18H25N3O4S/c1-20(16-9-11-26(24,25)13-16)17(22)14-6-5-10-21(12-14)18(23)19-15-7-3-2-4-8-15/h2-4,7-8,14,16H,5-6,9-13H2,1H3,(H,19,23). The number of hydrogen-bond donors (Lipinski definition) is 1. The van der Waals surface area contributed by atoms with Crippen molar-refractivity contribution in [2.45, 2.75) is 25.3 Å². The first-order chi connectivity index (χ1) is 12.4. The van der Waals surface area contributed by atoms with Gasteiger partial charge in [0.2, 0.25) is 5.91 Å². The lowest BCUT2D eigenvalue weighted by Gasteiger charge is -2.35. The first kappa shape index (κ1) is 18.7. The van der Waals surface area contributed by atoms with E-state index >= 15 is 0 Å². The van der Waals surface area contributed by atoms with Crippen LogP contribution in [0.5, 0.6) is 0 Å². The molecule has 2 saturated heterocycles. The minimum atomic E-state index is -3.03. The fraction of sp³-hybridized carbons (Fsp3) is 0.556. The SMILES string of the molecule is CN(C(=O)C1CCCN(C(=O)Nc2ccccc2)C1)C1CCS(=O)(=O)C1. The lowest BCUT2D eigenvalue weighted by Crippen LogP contribution is -2.49. The number of piperidine rings is 1. The monoisotopic (exact) mass is 379 g/mol. The molecule has 2 heterocycles. The predicted octanol–water partition coefficient (Wildman–Crippen LogP) is 1.58. The highest BCUT2D eigenvalue weighted by atomic mass is 32.2. The zero-order chi connectivity index (χ0) is 18.7. The van der Waals surface area contributed by atoms with Crippen LogP contribution in [0.15, 0.2) is 30.3 Å². The number of hydrogen-bond acceptors (Lipinski definition) is 4. The van der Waals surface area contributed by atoms with E-state index in [4.69, 9.17) is 0 Å². The third-order valence-electron chi connectivity index (χ3n) is 5.19. The maximum atomic E-state index is 12.8. The molecule has 0 saturated carbocycles. The Hall–Kier alpha value is -2.09. The number of para-hydroxylation sites is 1. The summed E-state index contributed by atoms with van der Waals surface area (Å²) in [5.74, 6) is -0.158. The van der Waals surface area contributed by atoms with Crippen LogP contribution in [0, 0.1) is 5.92 Å². The zero-order valence-electron chi connectivity index (χ0n) is 14.9. The third-order valence-corrected chi connectivity index (χ3v) is 6.94. The molecule has 3 amide bonds. The van der Waals surface area contributed by atoms with Crippen molar-refractivity contribution in [1.82, 2.24) is 9.80 Å². The molecule has 8 heteroatoms. The average molecular weight is 379 g/mol. The van der Waals surface area contributed by atoms with Crippen LogP contribution in [-0.4, -0.2) is 67.8 Å². The van der Waals surface area contributed by atoms with E-state index in [1.54, 1.807) is 16.8 Å². The van der Waals surface area contributed by atoms with Gasteiger partial charge in [0.1, 0.15) is 0 Å². The molecule has 1 N–H and O–H groups in total. The molecule has 1 aromatic rings. The molecule has 2 atom stereocenters. The van der Waals surface area contributed by atoms with Crippen LogP contribution in [0.2, 0.25) is 0 Å². The maximum Gasteiger partial charge on any atom is 0.321 e. The van der Waals surface area contributed by atoms with Gasteiger partial charge in [-0.15, -0.1) is 0 Å². The van der Waals surface area contributed by atoms with Gasteiger partial charge in [0.15, 0.2) is 9.84 Å². The quantitative estimate of drug-likeness (QED) is 0.864. The van der Waals surface area contributed by atoms with Crippen molar-refractivity contribution < 1.29 is 18.0 Å². The largest absolute Gasteiger partial charge is 0.341 e. The summed E-state index contributed by atoms with van der Waals surface area (Å²) in [6, 6.07) is 8.76. The van der Waals surface area contributed by atoms with E-state index in [0.717, 1.165) is 18.5 Å². The Balaban J connectivity index is 1.59. The summed E-state index contributed by atoms with van der Waals surface area (Å²) in [6.45, 7) is 0.977. The molecule has 0 bridgehead atoms. The molecule has 142 valence electrons. The number of carbonyl (C=O) groups is 2. The highest BCUT2D eigenvalue weighted by Crippen LogP contribution is 2.23. The van der Waals surface area contributed by atoms with Crippen LogP contribution >= 0.6 is 0 Å². The number of likely N-dealkylation sites (tertiary alicyclic amines) is 1. The minimum Gasteiger partial charge on any atom is -0.341 e. The first-order valence-corrected chi connectivity index (χ1v) is 10.8. The van der Waals surface area contributed by atoms with E-state index in [2.05, 4.69) is 5.32 Å². The van der Waals surface area contributed by atoms with Crippen molar-refractivity contribution in [1.29, 1.82) is 0 Å². The van der Waals surface area contributed by atoms with Gasteiger partial charge in [0.25, 0.3) is 0 Å². The molecule has 0 aromatic heterocycles. The summed E-state index contributed by atoms with van der Waals surface area (Å²) in [7, 11) is -1.35. The molecule has 3 rings (SSSR count). The molecule has 2 unspecified atom stereocenters. The molecule has 0 aliphatic carbocycles. The number of anilines is 1. The van der Waals surface area contributed by atoms with Gasteiger partial charge < -0.3 is 15.1 Å². The first-order valence-electron chi connectivity index (χ1n) is 8.94. The second-order valence-electron chi connectivity index (χ2n) is 7.09. The van der Waals surface area contributed by atoms with Crippen LogP contribution in [0.25, 0.3) is 0 Å². The van der Waals surface area contributed by atoms with E-state index in [1.165, 1.54) is 0 Å². The summed E-state index contributed by atoms with van der Waals surface area (Å²) >= 11 is 0. The maximum absolute atomic E-state index is 12.8. The summed E-state index contributed by atoms with van der Waals surface area (Å²) < 4.78 is 23.3. The summed E-state index contributed by atoms with van der Waals surface area (Å²) in [4.78, 5) is 28.5. The molecule has 2 aliphatic rings. The molecular weight excluding hydrogens is 354 g/mol. The number of urea groups is 1. The van der Waals surface area contributed by atoms with Gasteiger partial charge in [0, 0.05) is 31.9 Å². The van der Waals surface area contributed by atoms with E-state index in [1.807, 2.05) is 30.3 Å². The summed E-state index contributed by atoms with van der Waals surface area (Å²) in [5.41, 5.74) is 0.722. The Labute approximate surface area is 154 Å². The van der Waals surface area contributed by atoms with Gasteiger partial charge >= 0.3 is 6.03 Å². The molecular formula is C18H25N3O4S. The minimum absolute atomic E-state index is 0.0418. The number of carbonyl (C=O) groups excluding carboxylic acids is 2. The average Bonchev–Trinajstić information content (AvgIpc) is 3.01. The Morgan fingerprint density at radius 2 is 1.92 bits per heavy atom. The molecule has 0 spiro atoms. The van der Waals surface area contributed by atoms with Gasteiger partial charge in [0.05, 0.1) is 17.4 Å². The Morgan fingerprint density at radius 3 is 2.58 bits per heavy atom. The number of nitrogens with zero attached hydrogens (tertiary/aromatic N) is 2. The molecule has 1 aromatic carbocycles. The van der Waals surface area contributed by atoms with Gasteiger partial charge in [-0.2, -0.15) is 0 Å². The summed E-state index contributed by atoms with van der Waals surface area (Å²) in [5, 5.41) is 2.85. The summed E-state index contributed by atoms with van der Waals surface area (Å²) in [6.07, 6.45) is 1.97. The lowest BCUT2D eigenvalue weighted by atomic mass is 9.96. The van der Waals surface area contributed by atoms with Crippen LogP contribution in [0.4, 0.5) is 10.5 Å². The Bertz CT molecular complexity index is 766. The predicted molar refractivity (Wildman–Crippen MR) is 99.6 cm³/mol. The normalized spacial score (nSPS) is 24.9. The van der Waals surface area contributed by atoms with Gasteiger partial charge in [-0.05, 0) is 31.4 Å². The second kappa shape index (κ2) is 7.65. The van der Waals surface area contributed by atoms with E-state index in [-0.39, 0.29) is 35.4 Å². The molecule has 7 nitrogen and oxygen atoms in total. The molecule has 2 aliphatic heterocycles. The fourth-order valence-electron chi connectivity index (χ4n) is 3.64. The van der Waals surface area contributed by atoms with E-state index < -0.39 is 9.84 Å². The van der Waals surface area contributed by atoms with Crippen molar-refractivity contribution in [2.75, 3.05) is 37.0 Å². The zero-order valence-corrected chi connectivity index (χ0v) is 15.7. The van der Waals surface area contributed by atoms with Crippen molar-refractivity contribution in [3.63, 3.8) is 0 Å². The van der Waals surface area contributed by atoms with Crippen molar-refractivity contribution in [3.05, 3.63) is 30.3 Å². The number of sulfone groups is 1. The van der Waals surface area contributed by atoms with Crippen LogP contribution in [-0.2, 0) is 14.6 Å². The van der Waals surface area contributed by atoms with Crippen LogP contribution in [0.1, 0.15) is 19.3 Å². The van der Waals surface area contributed by atoms with Crippen molar-refractivity contribution in [3.8, 4) is 0 Å². The third kappa shape index (κ3) is 4.35. The van der Waals surface area contributed by atoms with Gasteiger partial charge in [-0.3, -0.25) is 4.79 Å². The van der Waals surface area contributed by atoms with E-state index in [0.29, 0.717) is 19.5 Å². The number of rotatable bonds is 3. The smallest absolute Gasteiger partial charge is 0.321 e. The number of amides is 3. The lowest BCUT2D eigenvalue weighted by molar-refractivity contribution is -0.137. The van der Waals surface area contributed by atoms with Crippen LogP contribution < -0.4 is 5.32 Å². The highest BCUT2D eigenvalue weighted by molar-refractivity contribution is 7.91. The van der Waals surface area contributed by atoms with Crippen molar-refractivity contribution >= 4 is 27.5 Å². The number of nitrogens with one attached hydrogen (secondary N) is 1. The molecule has 0 radical (unpaired) electrons. The second-order valence-corrected chi connectivity index (χ2v) is 9.32. The fourth-order valence-corrected chi connectivity index (χ4v) is 5.41. The Kier molecular flexibility index (Phi) is 5.50. The molecule has 2 fully saturated rings. The van der Waals surface area contributed by atoms with Gasteiger partial charge in [-0.1, -0.05) is 18.2 Å². The highest BCUT2D eigenvalue weighted by Gasteiger charge is 2.36. The van der Waals surface area contributed by atoms with Gasteiger partial charge in [-0.25, -0.2) is 13.2 Å². The van der Waals surface area contributed by atoms with Crippen molar-refractivity contribution in [2.24, 2.45) is 5.92 Å². The van der Waals surface area contributed by atoms with Crippen LogP contribution in [0.3, 0.4) is 0 Å². The number of benzene rings is 1. The van der Waals surface area contributed by atoms with E-state index in [9.17, 15) is 18.0 Å². The molecule has 26 heavy (non-hydrogen) atoms. The topological polar surface area (TPSA) is 86.8 Å².